The Morgan fingerprint density at radius 3 is 2.14 bits per heavy atom. The van der Waals surface area contributed by atoms with Crippen molar-refractivity contribution in [2.75, 3.05) is 63.2 Å². The highest BCUT2D eigenvalue weighted by atomic mass is 35.5. The number of para-hydroxylation sites is 1. The molecule has 3 atom stereocenters. The number of piperazine rings is 1. The molecule has 2 unspecified atom stereocenters. The number of carbonyl (C=O) groups is 4. The van der Waals surface area contributed by atoms with E-state index in [1.165, 1.54) is 0 Å². The lowest BCUT2D eigenvalue weighted by Crippen LogP contribution is -2.58. The number of aromatic nitrogens is 1. The lowest BCUT2D eigenvalue weighted by atomic mass is 9.88. The second kappa shape index (κ2) is 22.2. The van der Waals surface area contributed by atoms with Gasteiger partial charge in [-0.25, -0.2) is 9.59 Å². The maximum absolute atomic E-state index is 14.8. The number of urea groups is 1. The van der Waals surface area contributed by atoms with Crippen molar-refractivity contribution in [2.24, 2.45) is 5.92 Å². The number of hydrogen-bond acceptors (Lipinski definition) is 6. The van der Waals surface area contributed by atoms with Crippen molar-refractivity contribution >= 4 is 69.9 Å². The number of carbonyl (C=O) groups excluding carboxylic acids is 2. The molecule has 3 aromatic carbocycles. The molecule has 322 valence electrons. The number of fused-ring (bicyclic) bond motifs is 2. The molecular formula is C39H44Cl2F6N6O6. The van der Waals surface area contributed by atoms with Gasteiger partial charge in [-0.15, -0.1) is 0 Å². The average Bonchev–Trinajstić information content (AvgIpc) is 3.60. The zero-order chi connectivity index (χ0) is 44.0. The van der Waals surface area contributed by atoms with Gasteiger partial charge in [0.1, 0.15) is 6.04 Å². The van der Waals surface area contributed by atoms with Gasteiger partial charge < -0.3 is 40.1 Å². The van der Waals surface area contributed by atoms with Gasteiger partial charge in [-0.2, -0.15) is 26.3 Å². The number of carboxylic acids is 1. The van der Waals surface area contributed by atoms with Crippen molar-refractivity contribution in [3.8, 4) is 0 Å². The van der Waals surface area contributed by atoms with Gasteiger partial charge in [0, 0.05) is 83.7 Å². The number of rotatable bonds is 7. The van der Waals surface area contributed by atoms with E-state index in [0.29, 0.717) is 42.8 Å². The summed E-state index contributed by atoms with van der Waals surface area (Å²) in [7, 11) is 4.10. The number of anilines is 2. The number of aliphatic carboxylic acids is 1. The Kier molecular flexibility index (Phi) is 18.2. The number of benzene rings is 3. The monoisotopic (exact) mass is 876 g/mol. The zero-order valence-electron chi connectivity index (χ0n) is 32.1. The smallest absolute Gasteiger partial charge is 0.483 e. The molecule has 6 rings (SSSR count). The summed E-state index contributed by atoms with van der Waals surface area (Å²) in [5.41, 5.74) is 4.95. The lowest BCUT2D eigenvalue weighted by Gasteiger charge is -2.40. The molecule has 2 aliphatic rings. The molecule has 20 heteroatoms. The largest absolute Gasteiger partial charge is 0.490 e. The molecule has 3 heterocycles. The first-order valence-electron chi connectivity index (χ1n) is 17.9. The van der Waals surface area contributed by atoms with Gasteiger partial charge in [0.25, 0.3) is 6.47 Å². The lowest BCUT2D eigenvalue weighted by molar-refractivity contribution is -0.192. The van der Waals surface area contributed by atoms with E-state index in [2.05, 4.69) is 26.2 Å². The highest BCUT2D eigenvalue weighted by Gasteiger charge is 2.39. The molecule has 0 radical (unpaired) electrons. The van der Waals surface area contributed by atoms with Crippen LogP contribution in [0.25, 0.3) is 10.9 Å². The normalized spacial score (nSPS) is 16.0. The minimum atomic E-state index is -5.08. The van der Waals surface area contributed by atoms with Crippen molar-refractivity contribution in [1.82, 2.24) is 20.1 Å². The maximum Gasteiger partial charge on any atom is 0.490 e. The number of H-pyrrole nitrogens is 1. The fourth-order valence-corrected chi connectivity index (χ4v) is 7.22. The molecule has 3 amide bonds. The molecular weight excluding hydrogens is 833 g/mol. The molecule has 4 N–H and O–H groups in total. The van der Waals surface area contributed by atoms with Crippen LogP contribution in [0.2, 0.25) is 10.0 Å². The zero-order valence-corrected chi connectivity index (χ0v) is 33.6. The van der Waals surface area contributed by atoms with Crippen LogP contribution >= 0.6 is 23.2 Å². The number of alkyl halides is 6. The first-order valence-corrected chi connectivity index (χ1v) is 18.7. The Morgan fingerprint density at radius 2 is 1.56 bits per heavy atom. The Morgan fingerprint density at radius 1 is 0.966 bits per heavy atom. The number of aromatic amines is 1. The second-order valence-corrected chi connectivity index (χ2v) is 14.5. The fourth-order valence-electron chi connectivity index (χ4n) is 6.84. The fraction of sp³-hybridized carbons (Fsp3) is 0.385. The highest BCUT2D eigenvalue weighted by Crippen LogP contribution is 2.35. The van der Waals surface area contributed by atoms with Crippen LogP contribution in [0.15, 0.2) is 72.9 Å². The van der Waals surface area contributed by atoms with Gasteiger partial charge in [0.15, 0.2) is 0 Å². The SMILES string of the molecule is CC(c1c[nH]c2ccccc12)C(NC(=O)N1CCN(c2cccc(Cl)c2)CC1)C(=O)N1C[C@@H](CN(C)C)Cc2cc(Cl)ccc21.FC(F)F.O=C(O)C(F)(F)F.O=CO. The van der Waals surface area contributed by atoms with E-state index in [4.69, 9.17) is 43.0 Å². The van der Waals surface area contributed by atoms with E-state index in [-0.39, 0.29) is 30.2 Å². The van der Waals surface area contributed by atoms with Crippen LogP contribution in [-0.4, -0.2) is 122 Å². The van der Waals surface area contributed by atoms with Crippen LogP contribution in [0.3, 0.4) is 0 Å². The summed E-state index contributed by atoms with van der Waals surface area (Å²) in [4.78, 5) is 57.3. The molecule has 0 spiro atoms. The topological polar surface area (TPSA) is 150 Å². The van der Waals surface area contributed by atoms with E-state index in [9.17, 15) is 35.9 Å². The average molecular weight is 878 g/mol. The van der Waals surface area contributed by atoms with Crippen LogP contribution in [0.5, 0.6) is 0 Å². The molecule has 4 aromatic rings. The first kappa shape index (κ1) is 48.2. The van der Waals surface area contributed by atoms with Gasteiger partial charge >= 0.3 is 24.9 Å². The second-order valence-electron chi connectivity index (χ2n) is 13.7. The van der Waals surface area contributed by atoms with Crippen LogP contribution in [-0.2, 0) is 20.8 Å². The summed E-state index contributed by atoms with van der Waals surface area (Å²) in [6, 6.07) is 20.6. The van der Waals surface area contributed by atoms with Gasteiger partial charge in [0.2, 0.25) is 5.91 Å². The molecule has 1 saturated heterocycles. The van der Waals surface area contributed by atoms with E-state index in [0.717, 1.165) is 46.4 Å². The predicted octanol–water partition coefficient (Wildman–Crippen LogP) is 7.76. The van der Waals surface area contributed by atoms with Crippen molar-refractivity contribution in [3.05, 3.63) is 94.1 Å². The van der Waals surface area contributed by atoms with Crippen LogP contribution < -0.4 is 15.1 Å². The molecule has 0 bridgehead atoms. The van der Waals surface area contributed by atoms with Crippen LogP contribution in [0, 0.1) is 5.92 Å². The van der Waals surface area contributed by atoms with Crippen LogP contribution in [0.1, 0.15) is 24.0 Å². The van der Waals surface area contributed by atoms with Gasteiger partial charge in [0.05, 0.1) is 0 Å². The standard InChI is InChI=1S/C35H40Cl2N6O2.C2HF3O2.CHF3.CH2O2/c1-23(30-20-38-31-10-5-4-9-29(30)31)33(39-35(45)42-15-13-41(14-16-42)28-8-6-7-26(36)19-28)34(44)43-22-24(21-40(2)3)17-25-18-27(37)11-12-32(25)43;3-2(4,5)1(6)7;2-1(3)4;2-1-3/h4-12,18-20,23-24,33,38H,13-17,21-22H2,1-3H3,(H,39,45);(H,6,7);1H;1H,(H,2,3)/t23?,24-,33?;;;/m1.../s1. The number of hydrogen-bond donors (Lipinski definition) is 4. The summed E-state index contributed by atoms with van der Waals surface area (Å²) < 4.78 is 60.7. The third-order valence-corrected chi connectivity index (χ3v) is 9.78. The quantitative estimate of drug-likeness (QED) is 0.109. The van der Waals surface area contributed by atoms with Crippen molar-refractivity contribution in [2.45, 2.75) is 38.2 Å². The van der Waals surface area contributed by atoms with Crippen LogP contribution in [0.4, 0.5) is 42.5 Å². The third kappa shape index (κ3) is 14.2. The Labute approximate surface area is 346 Å². The van der Waals surface area contributed by atoms with E-state index >= 15 is 0 Å². The molecule has 59 heavy (non-hydrogen) atoms. The number of halogens is 8. The van der Waals surface area contributed by atoms with Gasteiger partial charge in [-0.1, -0.05) is 54.4 Å². The minimum absolute atomic E-state index is 0.120. The number of carboxylic acid groups (broad SMARTS) is 2. The van der Waals surface area contributed by atoms with Gasteiger partial charge in [-0.3, -0.25) is 9.59 Å². The van der Waals surface area contributed by atoms with Crippen molar-refractivity contribution in [3.63, 3.8) is 0 Å². The number of amides is 3. The number of nitrogens with one attached hydrogen (secondary N) is 2. The van der Waals surface area contributed by atoms with Crippen molar-refractivity contribution < 1.29 is 55.7 Å². The molecule has 0 aliphatic carbocycles. The van der Waals surface area contributed by atoms with Crippen molar-refractivity contribution in [1.29, 1.82) is 0 Å². The summed E-state index contributed by atoms with van der Waals surface area (Å²) in [6.45, 7) is 1.94. The van der Waals surface area contributed by atoms with E-state index < -0.39 is 24.9 Å². The summed E-state index contributed by atoms with van der Waals surface area (Å²) in [5, 5.41) is 19.6. The summed E-state index contributed by atoms with van der Waals surface area (Å²) in [5.74, 6) is -2.94. The van der Waals surface area contributed by atoms with Gasteiger partial charge in [-0.05, 0) is 80.0 Å². The maximum atomic E-state index is 14.8. The summed E-state index contributed by atoms with van der Waals surface area (Å²) >= 11 is 12.6. The molecule has 12 nitrogen and oxygen atoms in total. The third-order valence-electron chi connectivity index (χ3n) is 9.31. The molecule has 1 fully saturated rings. The highest BCUT2D eigenvalue weighted by molar-refractivity contribution is 6.31. The Bertz CT molecular complexity index is 2010. The number of nitrogens with zero attached hydrogens (tertiary/aromatic N) is 4. The molecule has 1 aromatic heterocycles. The predicted molar refractivity (Wildman–Crippen MR) is 213 cm³/mol. The van der Waals surface area contributed by atoms with E-state index in [1.807, 2.05) is 97.7 Å². The molecule has 2 aliphatic heterocycles. The Balaban J connectivity index is 0.000000576. The minimum Gasteiger partial charge on any atom is -0.483 e. The molecule has 0 saturated carbocycles. The summed E-state index contributed by atoms with van der Waals surface area (Å²) in [6.07, 6.45) is -2.28. The van der Waals surface area contributed by atoms with E-state index in [1.54, 1.807) is 0 Å². The Hall–Kier alpha value is -5.20. The first-order chi connectivity index (χ1) is 27.8.